The van der Waals surface area contributed by atoms with Gasteiger partial charge < -0.3 is 31.6 Å². The fourth-order valence-corrected chi connectivity index (χ4v) is 6.39. The van der Waals surface area contributed by atoms with Gasteiger partial charge in [0.25, 0.3) is 0 Å². The second-order valence-corrected chi connectivity index (χ2v) is 10.7. The molecule has 5 fully saturated rings. The van der Waals surface area contributed by atoms with Gasteiger partial charge in [0, 0.05) is 44.8 Å². The zero-order chi connectivity index (χ0) is 23.8. The molecule has 0 radical (unpaired) electrons. The second kappa shape index (κ2) is 10.6. The predicted molar refractivity (Wildman–Crippen MR) is 122 cm³/mol. The number of likely N-dealkylation sites (tertiary alicyclic amines) is 1. The summed E-state index contributed by atoms with van der Waals surface area (Å²) in [6.07, 6.45) is 0.104. The van der Waals surface area contributed by atoms with Gasteiger partial charge in [-0.1, -0.05) is 0 Å². The summed E-state index contributed by atoms with van der Waals surface area (Å²) in [4.78, 5) is 17.8. The number of rotatable bonds is 7. The van der Waals surface area contributed by atoms with Crippen LogP contribution in [0, 0.1) is 5.92 Å². The Labute approximate surface area is 200 Å². The maximum absolute atomic E-state index is 15.0. The molecule has 0 spiro atoms. The third-order valence-corrected chi connectivity index (χ3v) is 8.51. The summed E-state index contributed by atoms with van der Waals surface area (Å²) in [6, 6.07) is 0.102. The van der Waals surface area contributed by atoms with Crippen LogP contribution in [0.25, 0.3) is 0 Å². The lowest BCUT2D eigenvalue weighted by Gasteiger charge is -2.55. The standard InChI is InChI=1S/C23H40F2N6O3/c24-13-1-2-14-7-19(31(14)10-13)20(22(26)27)23(32)29-18-9-28-8-17(25)21(18)34-16-3-5-30(6-4-16)15-11-33-12-15/h13-22,28H,1-12,26-27H2,(H,29,32). The molecule has 6 N–H and O–H groups in total. The number of nitrogens with two attached hydrogens (primary N) is 2. The van der Waals surface area contributed by atoms with Crippen LogP contribution in [0.1, 0.15) is 32.1 Å². The number of fused-ring (bicyclic) bond motifs is 1. The van der Waals surface area contributed by atoms with Crippen LogP contribution < -0.4 is 22.1 Å². The Kier molecular flexibility index (Phi) is 7.69. The van der Waals surface area contributed by atoms with Gasteiger partial charge in [-0.2, -0.15) is 0 Å². The molecule has 7 unspecified atom stereocenters. The maximum atomic E-state index is 15.0. The van der Waals surface area contributed by atoms with E-state index in [1.165, 1.54) is 0 Å². The molecule has 0 saturated carbocycles. The van der Waals surface area contributed by atoms with Gasteiger partial charge in [-0.3, -0.25) is 14.6 Å². The highest BCUT2D eigenvalue weighted by Gasteiger charge is 2.50. The average molecular weight is 487 g/mol. The van der Waals surface area contributed by atoms with E-state index in [9.17, 15) is 13.6 Å². The summed E-state index contributed by atoms with van der Waals surface area (Å²) in [6.45, 7) is 4.34. The van der Waals surface area contributed by atoms with Crippen LogP contribution in [0.5, 0.6) is 0 Å². The number of nitrogens with one attached hydrogen (secondary N) is 2. The zero-order valence-corrected chi connectivity index (χ0v) is 19.8. The minimum absolute atomic E-state index is 0.0345. The average Bonchev–Trinajstić information content (AvgIpc) is 2.75. The fraction of sp³-hybridized carbons (Fsp3) is 0.957. The maximum Gasteiger partial charge on any atom is 0.227 e. The highest BCUT2D eigenvalue weighted by molar-refractivity contribution is 5.80. The topological polar surface area (TPSA) is 118 Å². The highest BCUT2D eigenvalue weighted by Crippen LogP contribution is 2.38. The molecule has 0 aliphatic carbocycles. The molecule has 7 atom stereocenters. The number of hydrogen-bond acceptors (Lipinski definition) is 8. The van der Waals surface area contributed by atoms with Crippen LogP contribution in [-0.2, 0) is 14.3 Å². The van der Waals surface area contributed by atoms with E-state index >= 15 is 0 Å². The highest BCUT2D eigenvalue weighted by atomic mass is 19.1. The van der Waals surface area contributed by atoms with Gasteiger partial charge >= 0.3 is 0 Å². The molecular weight excluding hydrogens is 446 g/mol. The first kappa shape index (κ1) is 24.7. The summed E-state index contributed by atoms with van der Waals surface area (Å²) in [5.41, 5.74) is 12.1. The van der Waals surface area contributed by atoms with Crippen LogP contribution in [0.2, 0.25) is 0 Å². The molecule has 5 heterocycles. The number of hydrogen-bond donors (Lipinski definition) is 4. The summed E-state index contributed by atoms with van der Waals surface area (Å²) in [5, 5.41) is 6.05. The molecule has 11 heteroatoms. The van der Waals surface area contributed by atoms with E-state index in [-0.39, 0.29) is 24.6 Å². The number of ether oxygens (including phenoxy) is 2. The lowest BCUT2D eigenvalue weighted by atomic mass is 9.77. The normalized spacial score (nSPS) is 39.2. The van der Waals surface area contributed by atoms with Gasteiger partial charge in [-0.15, -0.1) is 0 Å². The quantitative estimate of drug-likeness (QED) is 0.342. The Morgan fingerprint density at radius 3 is 2.53 bits per heavy atom. The first-order chi connectivity index (χ1) is 16.4. The lowest BCUT2D eigenvalue weighted by molar-refractivity contribution is -0.142. The molecule has 5 aliphatic heterocycles. The minimum atomic E-state index is -1.22. The van der Waals surface area contributed by atoms with E-state index in [2.05, 4.69) is 15.5 Å². The third kappa shape index (κ3) is 5.11. The molecule has 34 heavy (non-hydrogen) atoms. The first-order valence-corrected chi connectivity index (χ1v) is 12.9. The van der Waals surface area contributed by atoms with Crippen molar-refractivity contribution >= 4 is 5.91 Å². The Balaban J connectivity index is 1.18. The number of carbonyl (C=O) groups excluding carboxylic acids is 1. The van der Waals surface area contributed by atoms with Crippen LogP contribution in [-0.4, -0.2) is 117 Å². The van der Waals surface area contributed by atoms with Crippen molar-refractivity contribution in [3.05, 3.63) is 0 Å². The third-order valence-electron chi connectivity index (χ3n) is 8.51. The predicted octanol–water partition coefficient (Wildman–Crippen LogP) is -0.905. The molecule has 194 valence electrons. The van der Waals surface area contributed by atoms with E-state index < -0.39 is 36.6 Å². The van der Waals surface area contributed by atoms with Gasteiger partial charge in [0.05, 0.1) is 43.5 Å². The molecule has 5 aliphatic rings. The SMILES string of the molecule is NC(N)C(C(=O)NC1CNCC(F)C1OC1CCN(C2COC2)CC1)C1CC2CCC(F)CN21. The van der Waals surface area contributed by atoms with E-state index in [0.717, 1.165) is 52.0 Å². The zero-order valence-electron chi connectivity index (χ0n) is 19.8. The van der Waals surface area contributed by atoms with E-state index in [4.69, 9.17) is 20.9 Å². The second-order valence-electron chi connectivity index (χ2n) is 10.7. The number of alkyl halides is 2. The van der Waals surface area contributed by atoms with Crippen LogP contribution in [0.4, 0.5) is 8.78 Å². The van der Waals surface area contributed by atoms with Crippen molar-refractivity contribution < 1.29 is 23.0 Å². The molecule has 1 amide bonds. The molecule has 0 aromatic rings. The molecule has 9 nitrogen and oxygen atoms in total. The van der Waals surface area contributed by atoms with Gasteiger partial charge in [0.2, 0.25) is 5.91 Å². The Bertz CT molecular complexity index is 708. The van der Waals surface area contributed by atoms with Crippen molar-refractivity contribution in [3.63, 3.8) is 0 Å². The summed E-state index contributed by atoms with van der Waals surface area (Å²) < 4.78 is 40.5. The molecular formula is C23H40F2N6O3. The number of nitrogens with zero attached hydrogens (tertiary/aromatic N) is 2. The number of piperidine rings is 3. The minimum Gasteiger partial charge on any atom is -0.378 e. The van der Waals surface area contributed by atoms with Crippen molar-refractivity contribution in [3.8, 4) is 0 Å². The summed E-state index contributed by atoms with van der Waals surface area (Å²) in [7, 11) is 0. The molecule has 5 rings (SSSR count). The summed E-state index contributed by atoms with van der Waals surface area (Å²) in [5.74, 6) is -0.969. The summed E-state index contributed by atoms with van der Waals surface area (Å²) >= 11 is 0. The Morgan fingerprint density at radius 1 is 1.09 bits per heavy atom. The van der Waals surface area contributed by atoms with Gasteiger partial charge in [-0.05, 0) is 32.1 Å². The largest absolute Gasteiger partial charge is 0.378 e. The first-order valence-electron chi connectivity index (χ1n) is 12.9. The van der Waals surface area contributed by atoms with Crippen molar-refractivity contribution in [1.82, 2.24) is 20.4 Å². The van der Waals surface area contributed by atoms with Crippen molar-refractivity contribution in [1.29, 1.82) is 0 Å². The smallest absolute Gasteiger partial charge is 0.227 e. The Hall–Kier alpha value is -0.950. The molecule has 0 bridgehead atoms. The van der Waals surface area contributed by atoms with Gasteiger partial charge in [-0.25, -0.2) is 8.78 Å². The van der Waals surface area contributed by atoms with Gasteiger partial charge in [0.1, 0.15) is 18.4 Å². The van der Waals surface area contributed by atoms with E-state index in [0.29, 0.717) is 31.6 Å². The molecule has 0 aromatic heterocycles. The molecule has 0 aromatic carbocycles. The number of amides is 1. The van der Waals surface area contributed by atoms with E-state index in [1.54, 1.807) is 0 Å². The lowest BCUT2D eigenvalue weighted by Crippen LogP contribution is -2.69. The molecule has 5 saturated heterocycles. The van der Waals surface area contributed by atoms with Crippen molar-refractivity contribution in [2.24, 2.45) is 17.4 Å². The van der Waals surface area contributed by atoms with Crippen LogP contribution in [0.3, 0.4) is 0 Å². The van der Waals surface area contributed by atoms with E-state index in [1.807, 2.05) is 4.90 Å². The van der Waals surface area contributed by atoms with Gasteiger partial charge in [0.15, 0.2) is 0 Å². The number of carbonyl (C=O) groups is 1. The van der Waals surface area contributed by atoms with Crippen molar-refractivity contribution in [2.45, 2.75) is 87.0 Å². The van der Waals surface area contributed by atoms with Crippen molar-refractivity contribution in [2.75, 3.05) is 45.9 Å². The monoisotopic (exact) mass is 486 g/mol. The Morgan fingerprint density at radius 2 is 1.85 bits per heavy atom. The fourth-order valence-electron chi connectivity index (χ4n) is 6.39. The number of halogens is 2. The van der Waals surface area contributed by atoms with Crippen LogP contribution in [0.15, 0.2) is 0 Å². The van der Waals surface area contributed by atoms with Crippen LogP contribution >= 0.6 is 0 Å².